The fourth-order valence-electron chi connectivity index (χ4n) is 2.76. The minimum absolute atomic E-state index is 0.0329. The molecule has 6 nitrogen and oxygen atoms in total. The summed E-state index contributed by atoms with van der Waals surface area (Å²) in [6.45, 7) is 3.29. The van der Waals surface area contributed by atoms with Gasteiger partial charge in [-0.05, 0) is 43.5 Å². The van der Waals surface area contributed by atoms with Crippen LogP contribution in [-0.4, -0.2) is 38.3 Å². The van der Waals surface area contributed by atoms with Crippen molar-refractivity contribution >= 4 is 17.6 Å². The van der Waals surface area contributed by atoms with E-state index in [9.17, 15) is 4.79 Å². The van der Waals surface area contributed by atoms with Crippen molar-refractivity contribution in [2.24, 2.45) is 0 Å². The maximum atomic E-state index is 12.3. The number of nitrogens with zero attached hydrogens (tertiary/aromatic N) is 4. The lowest BCUT2D eigenvalue weighted by Crippen LogP contribution is -2.41. The van der Waals surface area contributed by atoms with Crippen LogP contribution < -0.4 is 5.32 Å². The molecular formula is C15H18ClN5O. The van der Waals surface area contributed by atoms with Crippen molar-refractivity contribution in [2.45, 2.75) is 32.4 Å². The molecule has 0 aliphatic carbocycles. The zero-order valence-corrected chi connectivity index (χ0v) is 13.1. The predicted molar refractivity (Wildman–Crippen MR) is 84.0 cm³/mol. The molecule has 1 N–H and O–H groups in total. The van der Waals surface area contributed by atoms with E-state index in [1.807, 2.05) is 17.0 Å². The highest BCUT2D eigenvalue weighted by molar-refractivity contribution is 6.30. The zero-order valence-electron chi connectivity index (χ0n) is 12.4. The highest BCUT2D eigenvalue weighted by Crippen LogP contribution is 2.20. The summed E-state index contributed by atoms with van der Waals surface area (Å²) < 4.78 is 1.66. The Labute approximate surface area is 134 Å². The first-order valence-corrected chi connectivity index (χ1v) is 7.71. The molecule has 0 spiro atoms. The second-order valence-corrected chi connectivity index (χ2v) is 5.89. The molecule has 1 aromatic carbocycles. The number of nitrogens with one attached hydrogen (secondary N) is 1. The van der Waals surface area contributed by atoms with Crippen LogP contribution in [0.5, 0.6) is 0 Å². The Morgan fingerprint density at radius 1 is 1.50 bits per heavy atom. The summed E-state index contributed by atoms with van der Waals surface area (Å²) in [4.78, 5) is 18.1. The number of hydrogen-bond donors (Lipinski definition) is 1. The number of urea groups is 1. The number of aromatic nitrogens is 3. The first kappa shape index (κ1) is 14.8. The summed E-state index contributed by atoms with van der Waals surface area (Å²) >= 11 is 6.08. The van der Waals surface area contributed by atoms with Crippen LogP contribution in [0.4, 0.5) is 4.79 Å². The Hall–Kier alpha value is -2.08. The SMILES string of the molecule is C[C@@H]1CCCN1C(=O)NCc1cc(Cl)ccc1-n1cncn1. The first-order valence-electron chi connectivity index (χ1n) is 7.33. The largest absolute Gasteiger partial charge is 0.334 e. The van der Waals surface area contributed by atoms with Gasteiger partial charge < -0.3 is 10.2 Å². The highest BCUT2D eigenvalue weighted by Gasteiger charge is 2.24. The van der Waals surface area contributed by atoms with Crippen molar-refractivity contribution in [2.75, 3.05) is 6.54 Å². The fourth-order valence-corrected chi connectivity index (χ4v) is 2.95. The third-order valence-corrected chi connectivity index (χ3v) is 4.19. The third kappa shape index (κ3) is 3.06. The lowest BCUT2D eigenvalue weighted by atomic mass is 10.2. The number of likely N-dealkylation sites (tertiary alicyclic amines) is 1. The molecular weight excluding hydrogens is 302 g/mol. The molecule has 0 radical (unpaired) electrons. The van der Waals surface area contributed by atoms with Gasteiger partial charge in [-0.25, -0.2) is 14.5 Å². The molecule has 2 heterocycles. The van der Waals surface area contributed by atoms with Crippen LogP contribution in [0.3, 0.4) is 0 Å². The van der Waals surface area contributed by atoms with Gasteiger partial charge in [0.2, 0.25) is 0 Å². The van der Waals surface area contributed by atoms with E-state index >= 15 is 0 Å². The van der Waals surface area contributed by atoms with E-state index in [0.29, 0.717) is 17.6 Å². The number of carbonyl (C=O) groups excluding carboxylic acids is 1. The zero-order chi connectivity index (χ0) is 15.5. The number of amides is 2. The standard InChI is InChI=1S/C15H18ClN5O/c1-11-3-2-6-20(11)15(22)18-8-12-7-13(16)4-5-14(12)21-10-17-9-19-21/h4-5,7,9-11H,2-3,6,8H2,1H3,(H,18,22)/t11-/m1/s1. The monoisotopic (exact) mass is 319 g/mol. The van der Waals surface area contributed by atoms with Gasteiger partial charge in [-0.2, -0.15) is 5.10 Å². The lowest BCUT2D eigenvalue weighted by molar-refractivity contribution is 0.195. The fraction of sp³-hybridized carbons (Fsp3) is 0.400. The molecule has 2 amide bonds. The van der Waals surface area contributed by atoms with Crippen LogP contribution in [0, 0.1) is 0 Å². The quantitative estimate of drug-likeness (QED) is 0.946. The molecule has 1 atom stereocenters. The second kappa shape index (κ2) is 6.36. The van der Waals surface area contributed by atoms with E-state index in [1.54, 1.807) is 17.1 Å². The van der Waals surface area contributed by atoms with Crippen LogP contribution in [0.2, 0.25) is 5.02 Å². The molecule has 1 aromatic heterocycles. The minimum Gasteiger partial charge on any atom is -0.334 e. The van der Waals surface area contributed by atoms with Gasteiger partial charge in [0.15, 0.2) is 0 Å². The average Bonchev–Trinajstić information content (AvgIpc) is 3.16. The molecule has 7 heteroatoms. The molecule has 1 saturated heterocycles. The van der Waals surface area contributed by atoms with E-state index in [4.69, 9.17) is 11.6 Å². The van der Waals surface area contributed by atoms with Gasteiger partial charge >= 0.3 is 6.03 Å². The van der Waals surface area contributed by atoms with Gasteiger partial charge in [0, 0.05) is 24.2 Å². The predicted octanol–water partition coefficient (Wildman–Crippen LogP) is 2.61. The second-order valence-electron chi connectivity index (χ2n) is 5.46. The molecule has 116 valence electrons. The molecule has 3 rings (SSSR count). The molecule has 1 fully saturated rings. The summed E-state index contributed by atoms with van der Waals surface area (Å²) in [5.74, 6) is 0. The molecule has 1 aliphatic heterocycles. The van der Waals surface area contributed by atoms with E-state index in [2.05, 4.69) is 22.3 Å². The number of benzene rings is 1. The molecule has 2 aromatic rings. The van der Waals surface area contributed by atoms with Gasteiger partial charge in [-0.1, -0.05) is 11.6 Å². The Balaban J connectivity index is 1.74. The Bertz CT molecular complexity index is 658. The van der Waals surface area contributed by atoms with Crippen LogP contribution >= 0.6 is 11.6 Å². The molecule has 1 aliphatic rings. The third-order valence-electron chi connectivity index (χ3n) is 3.95. The number of hydrogen-bond acceptors (Lipinski definition) is 3. The Morgan fingerprint density at radius 3 is 3.05 bits per heavy atom. The minimum atomic E-state index is -0.0329. The molecule has 0 bridgehead atoms. The van der Waals surface area contributed by atoms with Crippen LogP contribution in [0.1, 0.15) is 25.3 Å². The smallest absolute Gasteiger partial charge is 0.317 e. The van der Waals surface area contributed by atoms with Gasteiger partial charge in [0.1, 0.15) is 12.7 Å². The van der Waals surface area contributed by atoms with E-state index in [1.165, 1.54) is 6.33 Å². The van der Waals surface area contributed by atoms with Gasteiger partial charge in [-0.3, -0.25) is 0 Å². The normalized spacial score (nSPS) is 17.7. The van der Waals surface area contributed by atoms with Gasteiger partial charge in [0.25, 0.3) is 0 Å². The maximum Gasteiger partial charge on any atom is 0.317 e. The maximum absolute atomic E-state index is 12.3. The van der Waals surface area contributed by atoms with E-state index < -0.39 is 0 Å². The van der Waals surface area contributed by atoms with Gasteiger partial charge in [0.05, 0.1) is 5.69 Å². The summed E-state index contributed by atoms with van der Waals surface area (Å²) in [6, 6.07) is 5.78. The number of halogens is 1. The van der Waals surface area contributed by atoms with E-state index in [0.717, 1.165) is 30.6 Å². The van der Waals surface area contributed by atoms with Crippen LogP contribution in [0.25, 0.3) is 5.69 Å². The topological polar surface area (TPSA) is 63.1 Å². The number of rotatable bonds is 3. The molecule has 0 unspecified atom stereocenters. The Morgan fingerprint density at radius 2 is 2.36 bits per heavy atom. The number of carbonyl (C=O) groups is 1. The van der Waals surface area contributed by atoms with Crippen molar-refractivity contribution in [3.05, 3.63) is 41.4 Å². The van der Waals surface area contributed by atoms with Crippen molar-refractivity contribution in [3.8, 4) is 5.69 Å². The first-order chi connectivity index (χ1) is 10.6. The summed E-state index contributed by atoms with van der Waals surface area (Å²) in [7, 11) is 0. The molecule has 22 heavy (non-hydrogen) atoms. The molecule has 0 saturated carbocycles. The Kier molecular flexibility index (Phi) is 4.29. The summed E-state index contributed by atoms with van der Waals surface area (Å²) in [5, 5.41) is 7.73. The van der Waals surface area contributed by atoms with Crippen molar-refractivity contribution in [3.63, 3.8) is 0 Å². The van der Waals surface area contributed by atoms with Crippen LogP contribution in [0.15, 0.2) is 30.9 Å². The summed E-state index contributed by atoms with van der Waals surface area (Å²) in [6.07, 6.45) is 5.23. The highest BCUT2D eigenvalue weighted by atomic mass is 35.5. The van der Waals surface area contributed by atoms with Crippen molar-refractivity contribution in [1.29, 1.82) is 0 Å². The van der Waals surface area contributed by atoms with Crippen LogP contribution in [-0.2, 0) is 6.54 Å². The van der Waals surface area contributed by atoms with E-state index in [-0.39, 0.29) is 6.03 Å². The summed E-state index contributed by atoms with van der Waals surface area (Å²) in [5.41, 5.74) is 1.76. The van der Waals surface area contributed by atoms with Crippen molar-refractivity contribution < 1.29 is 4.79 Å². The van der Waals surface area contributed by atoms with Crippen molar-refractivity contribution in [1.82, 2.24) is 25.0 Å². The van der Waals surface area contributed by atoms with Gasteiger partial charge in [-0.15, -0.1) is 0 Å². The average molecular weight is 320 g/mol. The lowest BCUT2D eigenvalue weighted by Gasteiger charge is -2.22.